The molecule has 2 aliphatic heterocycles. The highest BCUT2D eigenvalue weighted by Crippen LogP contribution is 2.44. The molecule has 0 atom stereocenters. The fourth-order valence-electron chi connectivity index (χ4n) is 5.04. The number of halogens is 2. The molecule has 0 aliphatic carbocycles. The molecule has 4 nitrogen and oxygen atoms in total. The smallest absolute Gasteiger partial charge is 0.410 e. The first-order valence-electron chi connectivity index (χ1n) is 12.0. The van der Waals surface area contributed by atoms with E-state index in [-0.39, 0.29) is 6.09 Å². The van der Waals surface area contributed by atoms with Gasteiger partial charge in [-0.2, -0.15) is 0 Å². The number of hydrogen-bond donors (Lipinski definition) is 0. The maximum Gasteiger partial charge on any atom is 0.410 e. The number of nitrogens with zero attached hydrogens (tertiary/aromatic N) is 2. The minimum absolute atomic E-state index is 0.233. The molecule has 1 amide bonds. The van der Waals surface area contributed by atoms with Gasteiger partial charge in [-0.15, -0.1) is 0 Å². The highest BCUT2D eigenvalue weighted by Gasteiger charge is 2.29. The van der Waals surface area contributed by atoms with Gasteiger partial charge >= 0.3 is 6.09 Å². The van der Waals surface area contributed by atoms with Gasteiger partial charge in [0.25, 0.3) is 0 Å². The normalized spacial score (nSPS) is 16.2. The molecule has 178 valence electrons. The maximum atomic E-state index is 12.8. The van der Waals surface area contributed by atoms with Crippen LogP contribution >= 0.6 is 23.2 Å². The monoisotopic (exact) mass is 488 g/mol. The van der Waals surface area contributed by atoms with Gasteiger partial charge in [-0.25, -0.2) is 4.79 Å². The Morgan fingerprint density at radius 1 is 1.00 bits per heavy atom. The molecule has 0 fully saturated rings. The zero-order valence-corrected chi connectivity index (χ0v) is 21.7. The number of anilines is 1. The molecular weight excluding hydrogens is 455 g/mol. The first kappa shape index (κ1) is 24.2. The summed E-state index contributed by atoms with van der Waals surface area (Å²) in [4.78, 5) is 17.2. The topological polar surface area (TPSA) is 32.8 Å². The fourth-order valence-corrected chi connectivity index (χ4v) is 5.34. The van der Waals surface area contributed by atoms with Gasteiger partial charge in [-0.1, -0.05) is 42.3 Å². The summed E-state index contributed by atoms with van der Waals surface area (Å²) in [5.41, 5.74) is 7.26. The molecule has 0 bridgehead atoms. The van der Waals surface area contributed by atoms with Gasteiger partial charge in [0, 0.05) is 37.4 Å². The van der Waals surface area contributed by atoms with Crippen molar-refractivity contribution in [2.24, 2.45) is 0 Å². The van der Waals surface area contributed by atoms with Gasteiger partial charge in [0.05, 0.1) is 10.0 Å². The summed E-state index contributed by atoms with van der Waals surface area (Å²) in [6.07, 6.45) is 4.72. The molecule has 2 aromatic carbocycles. The van der Waals surface area contributed by atoms with E-state index in [4.69, 9.17) is 27.9 Å². The summed E-state index contributed by atoms with van der Waals surface area (Å²) in [7, 11) is 0. The predicted octanol–water partition coefficient (Wildman–Crippen LogP) is 7.16. The molecule has 4 rings (SSSR count). The summed E-state index contributed by atoms with van der Waals surface area (Å²) in [6, 6.07) is 8.36. The van der Waals surface area contributed by atoms with Gasteiger partial charge in [-0.05, 0) is 87.3 Å². The molecule has 0 spiro atoms. The molecule has 2 aromatic rings. The number of amides is 1. The van der Waals surface area contributed by atoms with E-state index in [1.807, 2.05) is 37.8 Å². The first-order valence-corrected chi connectivity index (χ1v) is 12.8. The van der Waals surface area contributed by atoms with Crippen molar-refractivity contribution in [3.63, 3.8) is 0 Å². The third kappa shape index (κ3) is 5.27. The van der Waals surface area contributed by atoms with Crippen LogP contribution in [0.3, 0.4) is 0 Å². The van der Waals surface area contributed by atoms with Crippen LogP contribution in [0.25, 0.3) is 11.1 Å². The van der Waals surface area contributed by atoms with E-state index in [1.165, 1.54) is 27.9 Å². The lowest BCUT2D eigenvalue weighted by atomic mass is 9.85. The van der Waals surface area contributed by atoms with E-state index >= 15 is 0 Å². The maximum absolute atomic E-state index is 12.8. The summed E-state index contributed by atoms with van der Waals surface area (Å²) in [5.74, 6) is 0. The number of hydrogen-bond acceptors (Lipinski definition) is 3. The predicted molar refractivity (Wildman–Crippen MR) is 138 cm³/mol. The average Bonchev–Trinajstić information content (AvgIpc) is 2.96. The Morgan fingerprint density at radius 2 is 1.76 bits per heavy atom. The SMILES string of the molecule is CCCN1CCCc2cc3c(c(-c4ccc(Cl)c(Cl)c4)c21)CCN(C(=O)OC(C)(C)C)CC3. The minimum atomic E-state index is -0.499. The quantitative estimate of drug-likeness (QED) is 0.459. The number of benzene rings is 2. The van der Waals surface area contributed by atoms with Gasteiger partial charge in [0.2, 0.25) is 0 Å². The molecule has 0 saturated heterocycles. The second-order valence-electron chi connectivity index (χ2n) is 10.1. The summed E-state index contributed by atoms with van der Waals surface area (Å²) in [6.45, 7) is 11.4. The zero-order valence-electron chi connectivity index (χ0n) is 20.1. The Balaban J connectivity index is 1.80. The van der Waals surface area contributed by atoms with Crippen LogP contribution in [0.15, 0.2) is 24.3 Å². The minimum Gasteiger partial charge on any atom is -0.444 e. The van der Waals surface area contributed by atoms with Crippen LogP contribution in [0.1, 0.15) is 57.2 Å². The van der Waals surface area contributed by atoms with Gasteiger partial charge in [-0.3, -0.25) is 0 Å². The Morgan fingerprint density at radius 3 is 2.45 bits per heavy atom. The van der Waals surface area contributed by atoms with Crippen LogP contribution in [0.5, 0.6) is 0 Å². The third-order valence-corrected chi connectivity index (χ3v) is 7.14. The van der Waals surface area contributed by atoms with Gasteiger partial charge in [0.15, 0.2) is 0 Å². The number of fused-ring (bicyclic) bond motifs is 2. The fraction of sp³-hybridized carbons (Fsp3) is 0.519. The van der Waals surface area contributed by atoms with Crippen molar-refractivity contribution in [3.05, 3.63) is 51.0 Å². The molecule has 2 heterocycles. The summed E-state index contributed by atoms with van der Waals surface area (Å²) >= 11 is 12.7. The van der Waals surface area contributed by atoms with Crippen molar-refractivity contribution in [2.75, 3.05) is 31.1 Å². The van der Waals surface area contributed by atoms with E-state index < -0.39 is 5.60 Å². The first-order chi connectivity index (χ1) is 15.7. The lowest BCUT2D eigenvalue weighted by Gasteiger charge is -2.35. The van der Waals surface area contributed by atoms with E-state index in [1.54, 1.807) is 0 Å². The number of aryl methyl sites for hydroxylation is 1. The molecule has 0 saturated carbocycles. The van der Waals surface area contributed by atoms with Crippen LogP contribution in [-0.4, -0.2) is 42.8 Å². The lowest BCUT2D eigenvalue weighted by Crippen LogP contribution is -2.38. The summed E-state index contributed by atoms with van der Waals surface area (Å²) < 4.78 is 5.67. The Kier molecular flexibility index (Phi) is 7.16. The molecular formula is C27H34Cl2N2O2. The largest absolute Gasteiger partial charge is 0.444 e. The molecule has 0 aromatic heterocycles. The molecule has 2 aliphatic rings. The number of carbonyl (C=O) groups excluding carboxylic acids is 1. The third-order valence-electron chi connectivity index (χ3n) is 6.41. The highest BCUT2D eigenvalue weighted by molar-refractivity contribution is 6.42. The van der Waals surface area contributed by atoms with E-state index in [0.717, 1.165) is 50.8 Å². The van der Waals surface area contributed by atoms with Crippen molar-refractivity contribution in [1.82, 2.24) is 4.90 Å². The van der Waals surface area contributed by atoms with E-state index in [2.05, 4.69) is 24.0 Å². The Hall–Kier alpha value is -1.91. The summed E-state index contributed by atoms with van der Waals surface area (Å²) in [5, 5.41) is 1.14. The Labute approximate surface area is 207 Å². The molecule has 0 radical (unpaired) electrons. The highest BCUT2D eigenvalue weighted by atomic mass is 35.5. The van der Waals surface area contributed by atoms with Crippen molar-refractivity contribution < 1.29 is 9.53 Å². The standard InChI is InChI=1S/C27H34Cl2N2O2/c1-5-12-30-13-6-7-20-16-18-10-14-31(26(32)33-27(2,3)4)15-11-21(18)24(25(20)30)19-8-9-22(28)23(29)17-19/h8-9,16-17H,5-7,10-15H2,1-4H3. The van der Waals surface area contributed by atoms with Crippen molar-refractivity contribution in [1.29, 1.82) is 0 Å². The average molecular weight is 489 g/mol. The van der Waals surface area contributed by atoms with Crippen LogP contribution in [0.2, 0.25) is 10.0 Å². The molecule has 0 unspecified atom stereocenters. The van der Waals surface area contributed by atoms with Crippen LogP contribution in [0.4, 0.5) is 10.5 Å². The van der Waals surface area contributed by atoms with Crippen molar-refractivity contribution in [2.45, 2.75) is 65.4 Å². The van der Waals surface area contributed by atoms with E-state index in [0.29, 0.717) is 23.1 Å². The molecule has 6 heteroatoms. The second kappa shape index (κ2) is 9.76. The van der Waals surface area contributed by atoms with Gasteiger partial charge in [0.1, 0.15) is 5.60 Å². The van der Waals surface area contributed by atoms with Crippen LogP contribution in [0, 0.1) is 0 Å². The number of carbonyl (C=O) groups is 1. The lowest BCUT2D eigenvalue weighted by molar-refractivity contribution is 0.0258. The van der Waals surface area contributed by atoms with Gasteiger partial charge < -0.3 is 14.5 Å². The van der Waals surface area contributed by atoms with Crippen LogP contribution in [-0.2, 0) is 24.0 Å². The van der Waals surface area contributed by atoms with Crippen LogP contribution < -0.4 is 4.90 Å². The molecule has 33 heavy (non-hydrogen) atoms. The van der Waals surface area contributed by atoms with Crippen molar-refractivity contribution >= 4 is 35.0 Å². The Bertz CT molecular complexity index is 1050. The zero-order chi connectivity index (χ0) is 23.8. The van der Waals surface area contributed by atoms with Crippen molar-refractivity contribution in [3.8, 4) is 11.1 Å². The number of ether oxygens (including phenoxy) is 1. The second-order valence-corrected chi connectivity index (χ2v) is 10.9. The molecule has 0 N–H and O–H groups in total. The van der Waals surface area contributed by atoms with E-state index in [9.17, 15) is 4.79 Å². The number of rotatable bonds is 3.